The molecule has 0 bridgehead atoms. The molecule has 0 saturated carbocycles. The van der Waals surface area contributed by atoms with Crippen molar-refractivity contribution < 1.29 is 24.2 Å². The highest BCUT2D eigenvalue weighted by molar-refractivity contribution is 14.1. The Kier molecular flexibility index (Phi) is 7.76. The van der Waals surface area contributed by atoms with Crippen LogP contribution in [0.4, 0.5) is 0 Å². The van der Waals surface area contributed by atoms with Crippen LogP contribution in [0.5, 0.6) is 11.5 Å². The van der Waals surface area contributed by atoms with Crippen LogP contribution in [0.15, 0.2) is 22.0 Å². The van der Waals surface area contributed by atoms with E-state index < -0.39 is 12.6 Å². The fourth-order valence-corrected chi connectivity index (χ4v) is 4.52. The lowest BCUT2D eigenvalue weighted by atomic mass is 10.1. The van der Waals surface area contributed by atoms with Crippen LogP contribution in [0.2, 0.25) is 0 Å². The third-order valence-corrected chi connectivity index (χ3v) is 5.41. The van der Waals surface area contributed by atoms with E-state index in [0.29, 0.717) is 25.1 Å². The van der Waals surface area contributed by atoms with Gasteiger partial charge in [-0.25, -0.2) is 4.79 Å². The summed E-state index contributed by atoms with van der Waals surface area (Å²) in [5.41, 5.74) is 0.759. The third-order valence-electron chi connectivity index (χ3n) is 3.61. The molecular formula is C19H23IN2O5S. The van der Waals surface area contributed by atoms with Crippen molar-refractivity contribution in [3.05, 3.63) is 26.2 Å². The Morgan fingerprint density at radius 2 is 2.04 bits per heavy atom. The average molecular weight is 518 g/mol. The summed E-state index contributed by atoms with van der Waals surface area (Å²) in [6, 6.07) is 3.63. The molecule has 0 unspecified atom stereocenters. The van der Waals surface area contributed by atoms with Crippen molar-refractivity contribution in [1.29, 1.82) is 0 Å². The molecule has 0 atom stereocenters. The first-order valence-corrected chi connectivity index (χ1v) is 10.6. The molecule has 1 fully saturated rings. The van der Waals surface area contributed by atoms with E-state index in [0.717, 1.165) is 5.56 Å². The van der Waals surface area contributed by atoms with Crippen molar-refractivity contribution in [2.75, 3.05) is 13.7 Å². The van der Waals surface area contributed by atoms with Gasteiger partial charge in [0, 0.05) is 12.1 Å². The summed E-state index contributed by atoms with van der Waals surface area (Å²) < 4.78 is 11.4. The zero-order chi connectivity index (χ0) is 21.0. The van der Waals surface area contributed by atoms with E-state index in [1.54, 1.807) is 17.0 Å². The van der Waals surface area contributed by atoms with Gasteiger partial charge >= 0.3 is 5.97 Å². The zero-order valence-electron chi connectivity index (χ0n) is 16.4. The zero-order valence-corrected chi connectivity index (χ0v) is 19.3. The second-order valence-corrected chi connectivity index (χ2v) is 8.77. The number of carbonyl (C=O) groups excluding carboxylic acids is 1. The average Bonchev–Trinajstić information content (AvgIpc) is 2.87. The number of halogens is 1. The van der Waals surface area contributed by atoms with Crippen LogP contribution in [0, 0.1) is 3.57 Å². The van der Waals surface area contributed by atoms with Gasteiger partial charge in [-0.1, -0.05) is 0 Å². The van der Waals surface area contributed by atoms with Crippen molar-refractivity contribution >= 4 is 57.5 Å². The number of carboxylic acids is 1. The summed E-state index contributed by atoms with van der Waals surface area (Å²) in [5.74, 6) is -0.376. The van der Waals surface area contributed by atoms with Crippen molar-refractivity contribution in [2.24, 2.45) is 4.99 Å². The van der Waals surface area contributed by atoms with Gasteiger partial charge in [0.15, 0.2) is 23.3 Å². The number of nitrogens with zero attached hydrogens (tertiary/aromatic N) is 2. The first kappa shape index (κ1) is 22.5. The van der Waals surface area contributed by atoms with Gasteiger partial charge in [-0.15, -0.1) is 0 Å². The lowest BCUT2D eigenvalue weighted by Crippen LogP contribution is -2.35. The van der Waals surface area contributed by atoms with Crippen LogP contribution in [0.3, 0.4) is 0 Å². The fraction of sp³-hybridized carbons (Fsp3) is 0.421. The van der Waals surface area contributed by atoms with E-state index in [-0.39, 0.29) is 18.0 Å². The highest BCUT2D eigenvalue weighted by Crippen LogP contribution is 2.38. The number of thioether (sulfide) groups is 1. The first-order chi connectivity index (χ1) is 13.1. The number of amidine groups is 1. The number of aliphatic imine (C=N–C) groups is 1. The Labute approximate surface area is 182 Å². The maximum Gasteiger partial charge on any atom is 0.341 e. The number of aliphatic carboxylic acids is 1. The molecule has 0 aromatic heterocycles. The normalized spacial score (nSPS) is 17.3. The molecule has 1 aromatic rings. The van der Waals surface area contributed by atoms with Gasteiger partial charge < -0.3 is 14.6 Å². The largest absolute Gasteiger partial charge is 0.493 e. The van der Waals surface area contributed by atoms with Crippen LogP contribution in [0.25, 0.3) is 6.08 Å². The minimum Gasteiger partial charge on any atom is -0.493 e. The number of carboxylic acid groups (broad SMARTS) is 1. The van der Waals surface area contributed by atoms with Gasteiger partial charge in [-0.3, -0.25) is 14.7 Å². The maximum absolute atomic E-state index is 12.9. The van der Waals surface area contributed by atoms with E-state index in [9.17, 15) is 9.59 Å². The van der Waals surface area contributed by atoms with Gasteiger partial charge in [-0.05, 0) is 85.8 Å². The molecule has 0 spiro atoms. The Balaban J connectivity index is 2.40. The van der Waals surface area contributed by atoms with Gasteiger partial charge in [0.2, 0.25) is 0 Å². The summed E-state index contributed by atoms with van der Waals surface area (Å²) in [5, 5.41) is 9.52. The third kappa shape index (κ3) is 5.40. The van der Waals surface area contributed by atoms with E-state index in [1.807, 2.05) is 33.8 Å². The molecule has 152 valence electrons. The highest BCUT2D eigenvalue weighted by atomic mass is 127. The second kappa shape index (κ2) is 9.64. The predicted octanol–water partition coefficient (Wildman–Crippen LogP) is 3.85. The number of benzene rings is 1. The quantitative estimate of drug-likeness (QED) is 0.436. The molecule has 9 heteroatoms. The predicted molar refractivity (Wildman–Crippen MR) is 119 cm³/mol. The van der Waals surface area contributed by atoms with Gasteiger partial charge in [0.1, 0.15) is 0 Å². The van der Waals surface area contributed by atoms with E-state index >= 15 is 0 Å². The molecule has 28 heavy (non-hydrogen) atoms. The number of ether oxygens (including phenoxy) is 2. The summed E-state index contributed by atoms with van der Waals surface area (Å²) in [6.07, 6.45) is 1.79. The molecule has 0 aliphatic carbocycles. The fourth-order valence-electron chi connectivity index (χ4n) is 2.50. The van der Waals surface area contributed by atoms with Crippen LogP contribution in [-0.2, 0) is 9.59 Å². The highest BCUT2D eigenvalue weighted by Gasteiger charge is 2.35. The number of rotatable bonds is 7. The van der Waals surface area contributed by atoms with Crippen molar-refractivity contribution in [3.63, 3.8) is 0 Å². The number of methoxy groups -OCH3 is 1. The summed E-state index contributed by atoms with van der Waals surface area (Å²) in [4.78, 5) is 30.5. The van der Waals surface area contributed by atoms with Gasteiger partial charge in [0.25, 0.3) is 5.91 Å². The smallest absolute Gasteiger partial charge is 0.341 e. The second-order valence-electron chi connectivity index (χ2n) is 6.60. The monoisotopic (exact) mass is 518 g/mol. The number of hydrogen-bond acceptors (Lipinski definition) is 6. The summed E-state index contributed by atoms with van der Waals surface area (Å²) >= 11 is 3.41. The minimum absolute atomic E-state index is 0.00451. The van der Waals surface area contributed by atoms with Crippen LogP contribution < -0.4 is 9.47 Å². The molecule has 2 rings (SSSR count). The molecule has 7 nitrogen and oxygen atoms in total. The Morgan fingerprint density at radius 1 is 1.36 bits per heavy atom. The van der Waals surface area contributed by atoms with Crippen LogP contribution in [-0.4, -0.2) is 52.9 Å². The van der Waals surface area contributed by atoms with Gasteiger partial charge in [-0.2, -0.15) is 0 Å². The first-order valence-electron chi connectivity index (χ1n) is 8.67. The van der Waals surface area contributed by atoms with Crippen LogP contribution in [0.1, 0.15) is 33.3 Å². The number of carbonyl (C=O) groups is 2. The lowest BCUT2D eigenvalue weighted by Gasteiger charge is -2.20. The SMILES string of the molecule is COc1cc(/C=C2/SC(=NC(C)C)N(C(C)C)C2=O)cc(I)c1OCC(=O)O. The Morgan fingerprint density at radius 3 is 2.57 bits per heavy atom. The topological polar surface area (TPSA) is 88.4 Å². The Bertz CT molecular complexity index is 836. The molecule has 1 N–H and O–H groups in total. The molecule has 1 amide bonds. The van der Waals surface area contributed by atoms with Crippen molar-refractivity contribution in [2.45, 2.75) is 39.8 Å². The maximum atomic E-state index is 12.9. The molecular weight excluding hydrogens is 495 g/mol. The molecule has 1 heterocycles. The van der Waals surface area contributed by atoms with Crippen LogP contribution >= 0.6 is 34.4 Å². The van der Waals surface area contributed by atoms with E-state index in [1.165, 1.54) is 18.9 Å². The molecule has 1 aliphatic rings. The Hall–Kier alpha value is -1.75. The molecule has 1 aliphatic heterocycles. The molecule has 0 radical (unpaired) electrons. The molecule has 1 aromatic carbocycles. The van der Waals surface area contributed by atoms with Gasteiger partial charge in [0.05, 0.1) is 15.6 Å². The molecule has 1 saturated heterocycles. The minimum atomic E-state index is -1.07. The summed E-state index contributed by atoms with van der Waals surface area (Å²) in [7, 11) is 1.49. The summed E-state index contributed by atoms with van der Waals surface area (Å²) in [6.45, 7) is 7.40. The van der Waals surface area contributed by atoms with Crippen molar-refractivity contribution in [1.82, 2.24) is 4.90 Å². The van der Waals surface area contributed by atoms with E-state index in [4.69, 9.17) is 14.6 Å². The number of hydrogen-bond donors (Lipinski definition) is 1. The lowest BCUT2D eigenvalue weighted by molar-refractivity contribution is -0.139. The standard InChI is InChI=1S/C19H23IN2O5S/c1-10(2)21-19-22(11(3)4)18(25)15(28-19)8-12-6-13(20)17(14(7-12)26-5)27-9-16(23)24/h6-8,10-11H,9H2,1-5H3,(H,23,24)/b15-8+,21-19?. The number of amides is 1. The van der Waals surface area contributed by atoms with Crippen molar-refractivity contribution in [3.8, 4) is 11.5 Å². The van der Waals surface area contributed by atoms with E-state index in [2.05, 4.69) is 27.6 Å².